The highest BCUT2D eigenvalue weighted by Gasteiger charge is 2.20. The fraction of sp³-hybridized carbons (Fsp3) is 0.545. The number of carbonyl (C=O) groups is 1. The summed E-state index contributed by atoms with van der Waals surface area (Å²) in [6.45, 7) is 0.690. The number of rotatable bonds is 4. The molecular weight excluding hydrogens is 208 g/mol. The summed E-state index contributed by atoms with van der Waals surface area (Å²) >= 11 is 1.84. The molecular formula is C11H16N2OS. The molecule has 0 aliphatic heterocycles. The summed E-state index contributed by atoms with van der Waals surface area (Å²) in [5, 5.41) is 5.55. The summed E-state index contributed by atoms with van der Waals surface area (Å²) in [5.74, 6) is -0.233. The van der Waals surface area contributed by atoms with E-state index in [1.807, 2.05) is 11.3 Å². The fourth-order valence-corrected chi connectivity index (χ4v) is 3.06. The van der Waals surface area contributed by atoms with Crippen molar-refractivity contribution in [3.05, 3.63) is 21.9 Å². The van der Waals surface area contributed by atoms with E-state index in [9.17, 15) is 4.79 Å². The number of primary amides is 1. The lowest BCUT2D eigenvalue weighted by molar-refractivity contribution is -0.117. The van der Waals surface area contributed by atoms with Crippen LogP contribution in [0, 0.1) is 0 Å². The van der Waals surface area contributed by atoms with E-state index in [0.29, 0.717) is 19.0 Å². The number of nitrogens with one attached hydrogen (secondary N) is 1. The topological polar surface area (TPSA) is 55.1 Å². The molecule has 4 heteroatoms. The molecule has 3 N–H and O–H groups in total. The number of carbonyl (C=O) groups excluding carboxylic acids is 1. The van der Waals surface area contributed by atoms with Gasteiger partial charge in [-0.2, -0.15) is 0 Å². The summed E-state index contributed by atoms with van der Waals surface area (Å²) in [4.78, 5) is 12.1. The average molecular weight is 224 g/mol. The first-order valence-electron chi connectivity index (χ1n) is 5.35. The monoisotopic (exact) mass is 224 g/mol. The van der Waals surface area contributed by atoms with Gasteiger partial charge in [0.05, 0.1) is 0 Å². The molecule has 1 heterocycles. The lowest BCUT2D eigenvalue weighted by atomic mass is 9.94. The zero-order valence-corrected chi connectivity index (χ0v) is 9.48. The van der Waals surface area contributed by atoms with Gasteiger partial charge in [-0.05, 0) is 36.3 Å². The summed E-state index contributed by atoms with van der Waals surface area (Å²) in [6.07, 6.45) is 4.04. The van der Waals surface area contributed by atoms with Crippen LogP contribution in [0.1, 0.15) is 35.7 Å². The molecule has 0 fully saturated rings. The third-order valence-corrected chi connectivity index (χ3v) is 3.81. The predicted molar refractivity (Wildman–Crippen MR) is 61.8 cm³/mol. The van der Waals surface area contributed by atoms with Crippen LogP contribution in [0.3, 0.4) is 0 Å². The van der Waals surface area contributed by atoms with Crippen molar-refractivity contribution >= 4 is 17.2 Å². The van der Waals surface area contributed by atoms with Gasteiger partial charge in [-0.15, -0.1) is 11.3 Å². The van der Waals surface area contributed by atoms with Gasteiger partial charge in [0.15, 0.2) is 0 Å². The van der Waals surface area contributed by atoms with Crippen molar-refractivity contribution in [3.63, 3.8) is 0 Å². The maximum atomic E-state index is 10.6. The highest BCUT2D eigenvalue weighted by Crippen LogP contribution is 2.32. The number of nitrogens with two attached hydrogens (primary N) is 1. The van der Waals surface area contributed by atoms with E-state index in [-0.39, 0.29) is 5.91 Å². The number of hydrogen-bond donors (Lipinski definition) is 2. The molecule has 82 valence electrons. The Morgan fingerprint density at radius 2 is 2.53 bits per heavy atom. The minimum Gasteiger partial charge on any atom is -0.370 e. The van der Waals surface area contributed by atoms with Crippen molar-refractivity contribution in [2.45, 2.75) is 31.7 Å². The Labute approximate surface area is 93.7 Å². The van der Waals surface area contributed by atoms with Gasteiger partial charge in [0.25, 0.3) is 0 Å². The molecule has 2 rings (SSSR count). The number of aryl methyl sites for hydroxylation is 1. The van der Waals surface area contributed by atoms with Crippen molar-refractivity contribution in [2.75, 3.05) is 6.54 Å². The van der Waals surface area contributed by atoms with Gasteiger partial charge in [-0.25, -0.2) is 0 Å². The largest absolute Gasteiger partial charge is 0.370 e. The molecule has 3 nitrogen and oxygen atoms in total. The van der Waals surface area contributed by atoms with Gasteiger partial charge < -0.3 is 11.1 Å². The maximum Gasteiger partial charge on any atom is 0.218 e. The molecule has 1 aliphatic rings. The van der Waals surface area contributed by atoms with E-state index in [2.05, 4.69) is 16.8 Å². The minimum atomic E-state index is -0.233. The van der Waals surface area contributed by atoms with E-state index < -0.39 is 0 Å². The lowest BCUT2D eigenvalue weighted by Crippen LogP contribution is -2.28. The molecule has 1 amide bonds. The van der Waals surface area contributed by atoms with E-state index in [4.69, 9.17) is 5.73 Å². The van der Waals surface area contributed by atoms with Crippen LogP contribution < -0.4 is 11.1 Å². The molecule has 1 aromatic rings. The second-order valence-corrected chi connectivity index (χ2v) is 4.92. The van der Waals surface area contributed by atoms with Crippen LogP contribution in [0.2, 0.25) is 0 Å². The first-order valence-corrected chi connectivity index (χ1v) is 6.23. The Hall–Kier alpha value is -0.870. The molecule has 0 saturated heterocycles. The van der Waals surface area contributed by atoms with E-state index >= 15 is 0 Å². The van der Waals surface area contributed by atoms with Crippen LogP contribution >= 0.6 is 11.3 Å². The molecule has 15 heavy (non-hydrogen) atoms. The first kappa shape index (κ1) is 10.6. The van der Waals surface area contributed by atoms with Crippen LogP contribution in [-0.2, 0) is 11.2 Å². The number of hydrogen-bond acceptors (Lipinski definition) is 3. The van der Waals surface area contributed by atoms with E-state index in [1.165, 1.54) is 29.7 Å². The summed E-state index contributed by atoms with van der Waals surface area (Å²) < 4.78 is 0. The fourth-order valence-electron chi connectivity index (χ4n) is 2.07. The van der Waals surface area contributed by atoms with Gasteiger partial charge in [-0.1, -0.05) is 0 Å². The van der Waals surface area contributed by atoms with Crippen molar-refractivity contribution in [1.82, 2.24) is 5.32 Å². The number of fused-ring (bicyclic) bond motifs is 1. The molecule has 0 spiro atoms. The Morgan fingerprint density at radius 3 is 3.33 bits per heavy atom. The smallest absolute Gasteiger partial charge is 0.218 e. The van der Waals surface area contributed by atoms with Gasteiger partial charge in [-0.3, -0.25) is 4.79 Å². The third kappa shape index (κ3) is 2.58. The standard InChI is InChI=1S/C11H16N2OS/c12-11(14)4-6-13-9-2-1-3-10-8(9)5-7-15-10/h5,7,9,13H,1-4,6H2,(H2,12,14). The van der Waals surface area contributed by atoms with Crippen molar-refractivity contribution < 1.29 is 4.79 Å². The van der Waals surface area contributed by atoms with Crippen molar-refractivity contribution in [1.29, 1.82) is 0 Å². The quantitative estimate of drug-likeness (QED) is 0.816. The Bertz CT molecular complexity index is 348. The highest BCUT2D eigenvalue weighted by atomic mass is 32.1. The molecule has 1 aromatic heterocycles. The Balaban J connectivity index is 1.92. The zero-order valence-electron chi connectivity index (χ0n) is 8.66. The normalized spacial score (nSPS) is 19.9. The summed E-state index contributed by atoms with van der Waals surface area (Å²) in [7, 11) is 0. The molecule has 1 aliphatic carbocycles. The predicted octanol–water partition coefficient (Wildman–Crippen LogP) is 1.59. The SMILES string of the molecule is NC(=O)CCNC1CCCc2sccc21. The minimum absolute atomic E-state index is 0.233. The average Bonchev–Trinajstić information content (AvgIpc) is 2.65. The van der Waals surface area contributed by atoms with Gasteiger partial charge in [0.1, 0.15) is 0 Å². The van der Waals surface area contributed by atoms with Crippen LogP contribution in [-0.4, -0.2) is 12.5 Å². The van der Waals surface area contributed by atoms with Crippen LogP contribution in [0.4, 0.5) is 0 Å². The maximum absolute atomic E-state index is 10.6. The van der Waals surface area contributed by atoms with Crippen molar-refractivity contribution in [3.8, 4) is 0 Å². The molecule has 1 unspecified atom stereocenters. The summed E-state index contributed by atoms with van der Waals surface area (Å²) in [5.41, 5.74) is 6.53. The number of thiophene rings is 1. The Morgan fingerprint density at radius 1 is 1.67 bits per heavy atom. The van der Waals surface area contributed by atoms with Gasteiger partial charge in [0.2, 0.25) is 5.91 Å². The van der Waals surface area contributed by atoms with Crippen LogP contribution in [0.25, 0.3) is 0 Å². The first-order chi connectivity index (χ1) is 7.27. The van der Waals surface area contributed by atoms with Crippen LogP contribution in [0.5, 0.6) is 0 Å². The Kier molecular flexibility index (Phi) is 3.38. The molecule has 0 aromatic carbocycles. The lowest BCUT2D eigenvalue weighted by Gasteiger charge is -2.23. The molecule has 0 saturated carbocycles. The summed E-state index contributed by atoms with van der Waals surface area (Å²) in [6, 6.07) is 2.63. The van der Waals surface area contributed by atoms with Crippen LogP contribution in [0.15, 0.2) is 11.4 Å². The molecule has 1 atom stereocenters. The van der Waals surface area contributed by atoms with Gasteiger partial charge >= 0.3 is 0 Å². The van der Waals surface area contributed by atoms with E-state index in [0.717, 1.165) is 0 Å². The highest BCUT2D eigenvalue weighted by molar-refractivity contribution is 7.10. The molecule has 0 bridgehead atoms. The van der Waals surface area contributed by atoms with Crippen molar-refractivity contribution in [2.24, 2.45) is 5.73 Å². The second-order valence-electron chi connectivity index (χ2n) is 3.91. The second kappa shape index (κ2) is 4.77. The van der Waals surface area contributed by atoms with Gasteiger partial charge in [0, 0.05) is 23.9 Å². The zero-order chi connectivity index (χ0) is 10.7. The van der Waals surface area contributed by atoms with E-state index in [1.54, 1.807) is 0 Å². The number of amides is 1. The third-order valence-electron chi connectivity index (χ3n) is 2.81. The molecule has 0 radical (unpaired) electrons.